The van der Waals surface area contributed by atoms with Crippen molar-refractivity contribution >= 4 is 11.9 Å². The fourth-order valence-corrected chi connectivity index (χ4v) is 1.97. The van der Waals surface area contributed by atoms with Crippen LogP contribution in [-0.4, -0.2) is 55.2 Å². The number of carboxylic acid groups (broad SMARTS) is 1. The van der Waals surface area contributed by atoms with Crippen LogP contribution >= 0.6 is 0 Å². The smallest absolute Gasteiger partial charge is 0.304 e. The van der Waals surface area contributed by atoms with Gasteiger partial charge in [0.1, 0.15) is 12.4 Å². The molecule has 0 aromatic heterocycles. The van der Waals surface area contributed by atoms with E-state index >= 15 is 0 Å². The third-order valence-corrected chi connectivity index (χ3v) is 3.36. The molecule has 0 saturated carbocycles. The average Bonchev–Trinajstić information content (AvgIpc) is 2.50. The molecule has 6 nitrogen and oxygen atoms in total. The number of hydrogen-bond acceptors (Lipinski definition) is 4. The van der Waals surface area contributed by atoms with Crippen molar-refractivity contribution in [2.75, 3.05) is 33.3 Å². The SMILES string of the molecule is CC(C)c1ccc(OCCNC(=O)CN(C)CCC(=O)O)cc1. The van der Waals surface area contributed by atoms with Gasteiger partial charge < -0.3 is 15.2 Å². The van der Waals surface area contributed by atoms with Crippen molar-refractivity contribution in [3.05, 3.63) is 29.8 Å². The van der Waals surface area contributed by atoms with Gasteiger partial charge in [-0.05, 0) is 30.7 Å². The molecule has 0 spiro atoms. The maximum Gasteiger partial charge on any atom is 0.304 e. The number of ether oxygens (including phenoxy) is 1. The summed E-state index contributed by atoms with van der Waals surface area (Å²) in [6.07, 6.45) is 0.0270. The Kier molecular flexibility index (Phi) is 8.11. The third-order valence-electron chi connectivity index (χ3n) is 3.36. The number of nitrogens with zero attached hydrogens (tertiary/aromatic N) is 1. The van der Waals surface area contributed by atoms with Gasteiger partial charge in [-0.1, -0.05) is 26.0 Å². The molecular weight excluding hydrogens is 296 g/mol. The zero-order valence-corrected chi connectivity index (χ0v) is 14.0. The molecule has 0 aliphatic carbocycles. The monoisotopic (exact) mass is 322 g/mol. The van der Waals surface area contributed by atoms with E-state index in [1.54, 1.807) is 11.9 Å². The van der Waals surface area contributed by atoms with E-state index in [0.29, 0.717) is 25.6 Å². The molecule has 1 aromatic carbocycles. The van der Waals surface area contributed by atoms with Crippen molar-refractivity contribution in [1.82, 2.24) is 10.2 Å². The Morgan fingerprint density at radius 2 is 1.91 bits per heavy atom. The first-order valence-electron chi connectivity index (χ1n) is 7.78. The lowest BCUT2D eigenvalue weighted by atomic mass is 10.0. The number of aliphatic carboxylic acids is 1. The van der Waals surface area contributed by atoms with Gasteiger partial charge in [0.05, 0.1) is 19.5 Å². The fourth-order valence-electron chi connectivity index (χ4n) is 1.97. The highest BCUT2D eigenvalue weighted by molar-refractivity contribution is 5.78. The van der Waals surface area contributed by atoms with Crippen LogP contribution in [0.1, 0.15) is 31.7 Å². The Morgan fingerprint density at radius 3 is 2.48 bits per heavy atom. The number of amides is 1. The lowest BCUT2D eigenvalue weighted by Crippen LogP contribution is -2.37. The molecule has 0 saturated heterocycles. The summed E-state index contributed by atoms with van der Waals surface area (Å²) in [6.45, 7) is 5.61. The van der Waals surface area contributed by atoms with Crippen molar-refractivity contribution < 1.29 is 19.4 Å². The van der Waals surface area contributed by atoms with Gasteiger partial charge in [0.15, 0.2) is 0 Å². The quantitative estimate of drug-likeness (QED) is 0.641. The second-order valence-electron chi connectivity index (χ2n) is 5.80. The number of hydrogen-bond donors (Lipinski definition) is 2. The van der Waals surface area contributed by atoms with Crippen molar-refractivity contribution in [1.29, 1.82) is 0 Å². The molecule has 0 heterocycles. The van der Waals surface area contributed by atoms with Gasteiger partial charge in [-0.3, -0.25) is 14.5 Å². The van der Waals surface area contributed by atoms with Gasteiger partial charge in [-0.2, -0.15) is 0 Å². The van der Waals surface area contributed by atoms with E-state index in [0.717, 1.165) is 5.75 Å². The van der Waals surface area contributed by atoms with Crippen LogP contribution in [-0.2, 0) is 9.59 Å². The van der Waals surface area contributed by atoms with Gasteiger partial charge in [0.25, 0.3) is 0 Å². The topological polar surface area (TPSA) is 78.9 Å². The first kappa shape index (κ1) is 19.0. The van der Waals surface area contributed by atoms with E-state index in [1.807, 2.05) is 24.3 Å². The lowest BCUT2D eigenvalue weighted by molar-refractivity contribution is -0.137. The van der Waals surface area contributed by atoms with Crippen LogP contribution in [0.3, 0.4) is 0 Å². The predicted octanol–water partition coefficient (Wildman–Crippen LogP) is 1.71. The minimum absolute atomic E-state index is 0.0270. The molecule has 0 bridgehead atoms. The molecule has 0 fully saturated rings. The van der Waals surface area contributed by atoms with Crippen molar-refractivity contribution in [3.63, 3.8) is 0 Å². The van der Waals surface area contributed by atoms with E-state index in [1.165, 1.54) is 5.56 Å². The van der Waals surface area contributed by atoms with Gasteiger partial charge in [-0.15, -0.1) is 0 Å². The summed E-state index contributed by atoms with van der Waals surface area (Å²) in [6, 6.07) is 7.93. The number of carbonyl (C=O) groups excluding carboxylic acids is 1. The zero-order valence-electron chi connectivity index (χ0n) is 14.0. The number of rotatable bonds is 10. The first-order valence-corrected chi connectivity index (χ1v) is 7.78. The van der Waals surface area contributed by atoms with Crippen LogP contribution in [0, 0.1) is 0 Å². The van der Waals surface area contributed by atoms with Crippen LogP contribution < -0.4 is 10.1 Å². The molecule has 23 heavy (non-hydrogen) atoms. The van der Waals surface area contributed by atoms with Crippen LogP contribution in [0.25, 0.3) is 0 Å². The van der Waals surface area contributed by atoms with Gasteiger partial charge >= 0.3 is 5.97 Å². The minimum Gasteiger partial charge on any atom is -0.492 e. The van der Waals surface area contributed by atoms with Gasteiger partial charge in [0.2, 0.25) is 5.91 Å². The fraction of sp³-hybridized carbons (Fsp3) is 0.529. The van der Waals surface area contributed by atoms with Crippen LogP contribution in [0.5, 0.6) is 5.75 Å². The predicted molar refractivity (Wildman–Crippen MR) is 88.8 cm³/mol. The average molecular weight is 322 g/mol. The second-order valence-corrected chi connectivity index (χ2v) is 5.80. The summed E-state index contributed by atoms with van der Waals surface area (Å²) in [5, 5.41) is 11.3. The number of likely N-dealkylation sites (N-methyl/N-ethyl adjacent to an activating group) is 1. The zero-order chi connectivity index (χ0) is 17.2. The number of benzene rings is 1. The number of carbonyl (C=O) groups is 2. The van der Waals surface area contributed by atoms with E-state index in [-0.39, 0.29) is 18.9 Å². The van der Waals surface area contributed by atoms with Crippen molar-refractivity contribution in [2.24, 2.45) is 0 Å². The van der Waals surface area contributed by atoms with Crippen molar-refractivity contribution in [3.8, 4) is 5.75 Å². The van der Waals surface area contributed by atoms with Crippen LogP contribution in [0.15, 0.2) is 24.3 Å². The summed E-state index contributed by atoms with van der Waals surface area (Å²) < 4.78 is 5.57. The van der Waals surface area contributed by atoms with Crippen molar-refractivity contribution in [2.45, 2.75) is 26.2 Å². The summed E-state index contributed by atoms with van der Waals surface area (Å²) in [5.74, 6) is 0.259. The maximum absolute atomic E-state index is 11.7. The third kappa shape index (κ3) is 8.21. The minimum atomic E-state index is -0.867. The number of nitrogens with one attached hydrogen (secondary N) is 1. The summed E-state index contributed by atoms with van der Waals surface area (Å²) in [5.41, 5.74) is 1.26. The maximum atomic E-state index is 11.7. The van der Waals surface area contributed by atoms with E-state index in [4.69, 9.17) is 9.84 Å². The largest absolute Gasteiger partial charge is 0.492 e. The first-order chi connectivity index (χ1) is 10.9. The van der Waals surface area contributed by atoms with Gasteiger partial charge in [0, 0.05) is 6.54 Å². The second kappa shape index (κ2) is 9.84. The summed E-state index contributed by atoms with van der Waals surface area (Å²) >= 11 is 0. The highest BCUT2D eigenvalue weighted by atomic mass is 16.5. The molecule has 1 amide bonds. The van der Waals surface area contributed by atoms with Crippen LogP contribution in [0.2, 0.25) is 0 Å². The molecule has 128 valence electrons. The molecule has 0 atom stereocenters. The molecule has 1 rings (SSSR count). The Morgan fingerprint density at radius 1 is 1.26 bits per heavy atom. The molecule has 0 radical (unpaired) electrons. The summed E-state index contributed by atoms with van der Waals surface area (Å²) in [4.78, 5) is 23.8. The van der Waals surface area contributed by atoms with Crippen LogP contribution in [0.4, 0.5) is 0 Å². The van der Waals surface area contributed by atoms with E-state index < -0.39 is 5.97 Å². The highest BCUT2D eigenvalue weighted by Crippen LogP contribution is 2.18. The van der Waals surface area contributed by atoms with Gasteiger partial charge in [-0.25, -0.2) is 0 Å². The number of carboxylic acids is 1. The van der Waals surface area contributed by atoms with E-state index in [2.05, 4.69) is 19.2 Å². The van der Waals surface area contributed by atoms with E-state index in [9.17, 15) is 9.59 Å². The normalized spacial score (nSPS) is 10.8. The Hall–Kier alpha value is -2.08. The molecule has 1 aromatic rings. The lowest BCUT2D eigenvalue weighted by Gasteiger charge is -2.15. The Bertz CT molecular complexity index is 500. The molecule has 0 unspecified atom stereocenters. The molecular formula is C17H26N2O4. The Balaban J connectivity index is 2.18. The molecule has 2 N–H and O–H groups in total. The highest BCUT2D eigenvalue weighted by Gasteiger charge is 2.07. The molecule has 0 aliphatic heterocycles. The Labute approximate surface area is 137 Å². The molecule has 6 heteroatoms. The summed E-state index contributed by atoms with van der Waals surface area (Å²) in [7, 11) is 1.72. The molecule has 0 aliphatic rings. The standard InChI is InChI=1S/C17H26N2O4/c1-13(2)14-4-6-15(7-5-14)23-11-9-18-16(20)12-19(3)10-8-17(21)22/h4-7,13H,8-12H2,1-3H3,(H,18,20)(H,21,22).